The van der Waals surface area contributed by atoms with Crippen LogP contribution in [0.5, 0.6) is 5.75 Å². The topological polar surface area (TPSA) is 44.7 Å². The van der Waals surface area contributed by atoms with Crippen molar-refractivity contribution in [1.29, 1.82) is 0 Å². The summed E-state index contributed by atoms with van der Waals surface area (Å²) in [4.78, 5) is 16.7. The molecule has 0 bridgehead atoms. The summed E-state index contributed by atoms with van der Waals surface area (Å²) in [7, 11) is 1.73. The Morgan fingerprint density at radius 2 is 1.61 bits per heavy atom. The van der Waals surface area contributed by atoms with E-state index in [-0.39, 0.29) is 0 Å². The SMILES string of the molecule is CCCN(CCC)c1nc(C)cc(N2CCN(c3ccccc3OC)CC2)n1. The van der Waals surface area contributed by atoms with E-state index >= 15 is 0 Å². The molecule has 0 amide bonds. The molecule has 6 nitrogen and oxygen atoms in total. The van der Waals surface area contributed by atoms with Crippen molar-refractivity contribution >= 4 is 17.5 Å². The molecule has 1 aliphatic rings. The van der Waals surface area contributed by atoms with Gasteiger partial charge in [-0.05, 0) is 31.9 Å². The van der Waals surface area contributed by atoms with Crippen LogP contribution in [0.2, 0.25) is 0 Å². The summed E-state index contributed by atoms with van der Waals surface area (Å²) in [5, 5.41) is 0. The molecule has 2 heterocycles. The molecule has 0 radical (unpaired) electrons. The van der Waals surface area contributed by atoms with Gasteiger partial charge in [-0.25, -0.2) is 4.98 Å². The number of para-hydroxylation sites is 2. The third kappa shape index (κ3) is 4.66. The highest BCUT2D eigenvalue weighted by Crippen LogP contribution is 2.29. The van der Waals surface area contributed by atoms with Crippen LogP contribution in [0.15, 0.2) is 30.3 Å². The molecule has 1 fully saturated rings. The monoisotopic (exact) mass is 383 g/mol. The standard InChI is InChI=1S/C22H33N5O/c1-5-11-27(12-6-2)22-23-18(3)17-21(24-22)26-15-13-25(14-16-26)19-9-7-8-10-20(19)28-4/h7-10,17H,5-6,11-16H2,1-4H3. The number of benzene rings is 1. The van der Waals surface area contributed by atoms with Gasteiger partial charge in [-0.2, -0.15) is 4.98 Å². The van der Waals surface area contributed by atoms with E-state index in [0.717, 1.165) is 75.3 Å². The Kier molecular flexibility index (Phi) is 6.95. The third-order valence-corrected chi connectivity index (χ3v) is 5.13. The Labute approximate surface area is 169 Å². The molecule has 1 aromatic heterocycles. The zero-order valence-electron chi connectivity index (χ0n) is 17.7. The first-order valence-corrected chi connectivity index (χ1v) is 10.4. The summed E-state index contributed by atoms with van der Waals surface area (Å²) in [5.74, 6) is 2.84. The van der Waals surface area contributed by atoms with Crippen LogP contribution in [-0.2, 0) is 0 Å². The van der Waals surface area contributed by atoms with Crippen molar-refractivity contribution in [2.24, 2.45) is 0 Å². The molecule has 3 rings (SSSR count). The molecule has 0 N–H and O–H groups in total. The Hall–Kier alpha value is -2.50. The van der Waals surface area contributed by atoms with Crippen molar-refractivity contribution in [3.05, 3.63) is 36.0 Å². The quantitative estimate of drug-likeness (QED) is 0.692. The predicted octanol–water partition coefficient (Wildman–Crippen LogP) is 3.75. The molecule has 0 aliphatic carbocycles. The van der Waals surface area contributed by atoms with E-state index in [1.54, 1.807) is 7.11 Å². The molecule has 1 aromatic carbocycles. The second kappa shape index (κ2) is 9.62. The first-order valence-electron chi connectivity index (χ1n) is 10.4. The van der Waals surface area contributed by atoms with E-state index in [2.05, 4.69) is 53.7 Å². The molecule has 1 aliphatic heterocycles. The lowest BCUT2D eigenvalue weighted by atomic mass is 10.2. The van der Waals surface area contributed by atoms with Crippen LogP contribution in [0.3, 0.4) is 0 Å². The van der Waals surface area contributed by atoms with Crippen molar-refractivity contribution < 1.29 is 4.74 Å². The summed E-state index contributed by atoms with van der Waals surface area (Å²) >= 11 is 0. The minimum absolute atomic E-state index is 0.867. The number of piperazine rings is 1. The molecule has 0 atom stereocenters. The summed E-state index contributed by atoms with van der Waals surface area (Å²) < 4.78 is 5.53. The largest absolute Gasteiger partial charge is 0.495 e. The van der Waals surface area contributed by atoms with E-state index in [9.17, 15) is 0 Å². The van der Waals surface area contributed by atoms with Crippen LogP contribution in [0.25, 0.3) is 0 Å². The molecule has 1 saturated heterocycles. The number of aryl methyl sites for hydroxylation is 1. The van der Waals surface area contributed by atoms with Crippen molar-refractivity contribution in [1.82, 2.24) is 9.97 Å². The number of aromatic nitrogens is 2. The van der Waals surface area contributed by atoms with E-state index in [4.69, 9.17) is 14.7 Å². The van der Waals surface area contributed by atoms with Crippen LogP contribution in [-0.4, -0.2) is 56.3 Å². The summed E-state index contributed by atoms with van der Waals surface area (Å²) in [6.45, 7) is 12.3. The first-order chi connectivity index (χ1) is 13.7. The van der Waals surface area contributed by atoms with Gasteiger partial charge in [0.2, 0.25) is 5.95 Å². The van der Waals surface area contributed by atoms with Gasteiger partial charge in [0.1, 0.15) is 11.6 Å². The van der Waals surface area contributed by atoms with Crippen molar-refractivity contribution in [2.75, 3.05) is 61.1 Å². The second-order valence-electron chi connectivity index (χ2n) is 7.30. The minimum Gasteiger partial charge on any atom is -0.495 e. The number of hydrogen-bond donors (Lipinski definition) is 0. The van der Waals surface area contributed by atoms with Gasteiger partial charge in [-0.3, -0.25) is 0 Å². The maximum absolute atomic E-state index is 5.53. The fourth-order valence-corrected chi connectivity index (χ4v) is 3.76. The third-order valence-electron chi connectivity index (χ3n) is 5.13. The molecule has 0 spiro atoms. The number of anilines is 3. The minimum atomic E-state index is 0.867. The van der Waals surface area contributed by atoms with Gasteiger partial charge in [0, 0.05) is 51.0 Å². The molecule has 152 valence electrons. The molecule has 2 aromatic rings. The number of ether oxygens (including phenoxy) is 1. The summed E-state index contributed by atoms with van der Waals surface area (Å²) in [5.41, 5.74) is 2.20. The number of rotatable bonds is 8. The lowest BCUT2D eigenvalue weighted by molar-refractivity contribution is 0.413. The summed E-state index contributed by atoms with van der Waals surface area (Å²) in [6, 6.07) is 10.4. The number of hydrogen-bond acceptors (Lipinski definition) is 6. The van der Waals surface area contributed by atoms with Crippen LogP contribution < -0.4 is 19.4 Å². The molecule has 0 saturated carbocycles. The van der Waals surface area contributed by atoms with E-state index in [1.165, 1.54) is 5.69 Å². The average Bonchev–Trinajstić information content (AvgIpc) is 2.73. The zero-order valence-corrected chi connectivity index (χ0v) is 17.7. The van der Waals surface area contributed by atoms with Gasteiger partial charge < -0.3 is 19.4 Å². The van der Waals surface area contributed by atoms with Crippen molar-refractivity contribution in [3.63, 3.8) is 0 Å². The van der Waals surface area contributed by atoms with Gasteiger partial charge in [0.05, 0.1) is 12.8 Å². The number of nitrogens with zero attached hydrogens (tertiary/aromatic N) is 5. The molecular formula is C22H33N5O. The van der Waals surface area contributed by atoms with Crippen LogP contribution in [0, 0.1) is 6.92 Å². The maximum Gasteiger partial charge on any atom is 0.227 e. The fourth-order valence-electron chi connectivity index (χ4n) is 3.76. The normalized spacial score (nSPS) is 14.3. The van der Waals surface area contributed by atoms with Gasteiger partial charge in [-0.1, -0.05) is 26.0 Å². The number of methoxy groups -OCH3 is 1. The van der Waals surface area contributed by atoms with Gasteiger partial charge in [0.15, 0.2) is 0 Å². The highest BCUT2D eigenvalue weighted by atomic mass is 16.5. The predicted molar refractivity (Wildman–Crippen MR) is 117 cm³/mol. The van der Waals surface area contributed by atoms with Crippen LogP contribution >= 0.6 is 0 Å². The van der Waals surface area contributed by atoms with Crippen LogP contribution in [0.1, 0.15) is 32.4 Å². The van der Waals surface area contributed by atoms with Crippen LogP contribution in [0.4, 0.5) is 17.5 Å². The van der Waals surface area contributed by atoms with Gasteiger partial charge in [0.25, 0.3) is 0 Å². The first kappa shape index (κ1) is 20.2. The molecule has 6 heteroatoms. The Balaban J connectivity index is 1.73. The zero-order chi connectivity index (χ0) is 19.9. The molecule has 28 heavy (non-hydrogen) atoms. The van der Waals surface area contributed by atoms with E-state index < -0.39 is 0 Å². The molecular weight excluding hydrogens is 350 g/mol. The smallest absolute Gasteiger partial charge is 0.227 e. The Bertz CT molecular complexity index is 752. The average molecular weight is 384 g/mol. The lowest BCUT2D eigenvalue weighted by Crippen LogP contribution is -2.47. The van der Waals surface area contributed by atoms with E-state index in [0.29, 0.717) is 0 Å². The van der Waals surface area contributed by atoms with Crippen molar-refractivity contribution in [2.45, 2.75) is 33.6 Å². The summed E-state index contributed by atoms with van der Waals surface area (Å²) in [6.07, 6.45) is 2.20. The highest BCUT2D eigenvalue weighted by Gasteiger charge is 2.21. The highest BCUT2D eigenvalue weighted by molar-refractivity contribution is 5.59. The van der Waals surface area contributed by atoms with Crippen molar-refractivity contribution in [3.8, 4) is 5.75 Å². The Morgan fingerprint density at radius 1 is 0.964 bits per heavy atom. The molecule has 0 unspecified atom stereocenters. The van der Waals surface area contributed by atoms with E-state index in [1.807, 2.05) is 12.1 Å². The lowest BCUT2D eigenvalue weighted by Gasteiger charge is -2.37. The maximum atomic E-state index is 5.53. The van der Waals surface area contributed by atoms with Gasteiger partial charge >= 0.3 is 0 Å². The Morgan fingerprint density at radius 3 is 2.25 bits per heavy atom. The fraction of sp³-hybridized carbons (Fsp3) is 0.545. The second-order valence-corrected chi connectivity index (χ2v) is 7.30. The van der Waals surface area contributed by atoms with Gasteiger partial charge in [-0.15, -0.1) is 0 Å².